The maximum Gasteiger partial charge on any atom is 0.304 e. The van der Waals surface area contributed by atoms with Gasteiger partial charge in [-0.25, -0.2) is 0 Å². The lowest BCUT2D eigenvalue weighted by molar-refractivity contribution is -0.137. The van der Waals surface area contributed by atoms with Crippen LogP contribution in [0.1, 0.15) is 6.42 Å². The molecule has 0 aromatic rings. The van der Waals surface area contributed by atoms with E-state index in [4.69, 9.17) is 15.3 Å². The molecule has 0 amide bonds. The molecule has 0 radical (unpaired) electrons. The second-order valence-electron chi connectivity index (χ2n) is 3.04. The Morgan fingerprint density at radius 2 is 1.83 bits per heavy atom. The number of aliphatic hydroxyl groups is 2. The molecule has 1 aliphatic rings. The zero-order chi connectivity index (χ0) is 9.14. The normalized spacial score (nSPS) is 30.8. The molecule has 5 heteroatoms. The monoisotopic (exact) mass is 175 g/mol. The van der Waals surface area contributed by atoms with Crippen LogP contribution >= 0.6 is 0 Å². The second-order valence-corrected chi connectivity index (χ2v) is 3.04. The van der Waals surface area contributed by atoms with Gasteiger partial charge in [0, 0.05) is 19.6 Å². The summed E-state index contributed by atoms with van der Waals surface area (Å²) in [4.78, 5) is 11.9. The van der Waals surface area contributed by atoms with Gasteiger partial charge in [0.1, 0.15) is 0 Å². The molecule has 0 bridgehead atoms. The first kappa shape index (κ1) is 9.44. The number of carboxylic acids is 1. The molecule has 0 unspecified atom stereocenters. The summed E-state index contributed by atoms with van der Waals surface area (Å²) < 4.78 is 0. The molecule has 1 saturated heterocycles. The number of β-amino-alcohol motifs (C(OH)–C–C–N with tert-alkyl or cyclic N) is 2. The number of hydrogen-bond donors (Lipinski definition) is 3. The van der Waals surface area contributed by atoms with Crippen LogP contribution in [0, 0.1) is 0 Å². The minimum Gasteiger partial charge on any atom is -0.481 e. The van der Waals surface area contributed by atoms with Crippen molar-refractivity contribution in [2.24, 2.45) is 0 Å². The van der Waals surface area contributed by atoms with E-state index >= 15 is 0 Å². The molecule has 0 aromatic carbocycles. The van der Waals surface area contributed by atoms with Crippen molar-refractivity contribution in [3.05, 3.63) is 0 Å². The van der Waals surface area contributed by atoms with Crippen molar-refractivity contribution in [2.75, 3.05) is 19.6 Å². The molecule has 2 atom stereocenters. The summed E-state index contributed by atoms with van der Waals surface area (Å²) in [6, 6.07) is 0. The van der Waals surface area contributed by atoms with E-state index in [9.17, 15) is 4.79 Å². The topological polar surface area (TPSA) is 81.0 Å². The zero-order valence-corrected chi connectivity index (χ0v) is 6.68. The molecule has 3 N–H and O–H groups in total. The average Bonchev–Trinajstić information content (AvgIpc) is 2.28. The molecule has 0 aliphatic carbocycles. The number of rotatable bonds is 3. The van der Waals surface area contributed by atoms with Crippen molar-refractivity contribution in [3.8, 4) is 0 Å². The summed E-state index contributed by atoms with van der Waals surface area (Å²) >= 11 is 0. The van der Waals surface area contributed by atoms with E-state index in [0.717, 1.165) is 0 Å². The van der Waals surface area contributed by atoms with E-state index in [2.05, 4.69) is 0 Å². The van der Waals surface area contributed by atoms with Gasteiger partial charge in [0.05, 0.1) is 18.6 Å². The lowest BCUT2D eigenvalue weighted by Gasteiger charge is -2.11. The Morgan fingerprint density at radius 1 is 1.33 bits per heavy atom. The molecule has 1 rings (SSSR count). The summed E-state index contributed by atoms with van der Waals surface area (Å²) in [7, 11) is 0. The third kappa shape index (κ3) is 2.44. The van der Waals surface area contributed by atoms with Gasteiger partial charge in [-0.3, -0.25) is 9.69 Å². The Bertz CT molecular complexity index is 163. The van der Waals surface area contributed by atoms with Crippen LogP contribution in [-0.2, 0) is 4.79 Å². The SMILES string of the molecule is O=C(O)CCN1C[C@@H](O)[C@@H](O)C1. The van der Waals surface area contributed by atoms with E-state index in [-0.39, 0.29) is 6.42 Å². The van der Waals surface area contributed by atoms with Crippen LogP contribution in [0.4, 0.5) is 0 Å². The van der Waals surface area contributed by atoms with Crippen molar-refractivity contribution in [2.45, 2.75) is 18.6 Å². The number of aliphatic hydroxyl groups excluding tert-OH is 2. The summed E-state index contributed by atoms with van der Waals surface area (Å²) in [6.07, 6.45) is -1.39. The van der Waals surface area contributed by atoms with E-state index in [0.29, 0.717) is 19.6 Å². The molecular formula is C7H13NO4. The first-order valence-electron chi connectivity index (χ1n) is 3.90. The van der Waals surface area contributed by atoms with Crippen LogP contribution in [0.3, 0.4) is 0 Å². The van der Waals surface area contributed by atoms with E-state index < -0.39 is 18.2 Å². The van der Waals surface area contributed by atoms with Crippen molar-refractivity contribution in [1.29, 1.82) is 0 Å². The number of likely N-dealkylation sites (tertiary alicyclic amines) is 1. The minimum atomic E-state index is -0.856. The fourth-order valence-electron chi connectivity index (χ4n) is 1.28. The number of aliphatic carboxylic acids is 1. The van der Waals surface area contributed by atoms with Gasteiger partial charge >= 0.3 is 5.97 Å². The van der Waals surface area contributed by atoms with Crippen molar-refractivity contribution in [1.82, 2.24) is 4.90 Å². The van der Waals surface area contributed by atoms with Crippen molar-refractivity contribution >= 4 is 5.97 Å². The molecule has 12 heavy (non-hydrogen) atoms. The molecule has 5 nitrogen and oxygen atoms in total. The van der Waals surface area contributed by atoms with E-state index in [1.54, 1.807) is 4.90 Å². The first-order chi connectivity index (χ1) is 5.59. The van der Waals surface area contributed by atoms with Crippen LogP contribution in [0.5, 0.6) is 0 Å². The fourth-order valence-corrected chi connectivity index (χ4v) is 1.28. The fraction of sp³-hybridized carbons (Fsp3) is 0.857. The van der Waals surface area contributed by atoms with Gasteiger partial charge in [0.15, 0.2) is 0 Å². The Labute approximate surface area is 70.2 Å². The second kappa shape index (κ2) is 3.84. The number of carboxylic acid groups (broad SMARTS) is 1. The van der Waals surface area contributed by atoms with Crippen LogP contribution in [0.15, 0.2) is 0 Å². The van der Waals surface area contributed by atoms with Gasteiger partial charge in [-0.15, -0.1) is 0 Å². The quantitative estimate of drug-likeness (QED) is 0.486. The predicted octanol–water partition coefficient (Wildman–Crippen LogP) is -1.50. The number of carbonyl (C=O) groups is 1. The maximum absolute atomic E-state index is 10.2. The van der Waals surface area contributed by atoms with Gasteiger partial charge in [-0.1, -0.05) is 0 Å². The molecular weight excluding hydrogens is 162 g/mol. The molecule has 1 heterocycles. The highest BCUT2D eigenvalue weighted by atomic mass is 16.4. The Morgan fingerprint density at radius 3 is 2.25 bits per heavy atom. The largest absolute Gasteiger partial charge is 0.481 e. The van der Waals surface area contributed by atoms with Gasteiger partial charge < -0.3 is 15.3 Å². The van der Waals surface area contributed by atoms with Gasteiger partial charge in [-0.2, -0.15) is 0 Å². The molecule has 1 aliphatic heterocycles. The third-order valence-corrected chi connectivity index (χ3v) is 1.98. The zero-order valence-electron chi connectivity index (χ0n) is 6.68. The average molecular weight is 175 g/mol. The number of hydrogen-bond acceptors (Lipinski definition) is 4. The van der Waals surface area contributed by atoms with Gasteiger partial charge in [-0.05, 0) is 0 Å². The van der Waals surface area contributed by atoms with Crippen molar-refractivity contribution < 1.29 is 20.1 Å². The minimum absolute atomic E-state index is 0.0550. The molecule has 0 aromatic heterocycles. The van der Waals surface area contributed by atoms with Crippen LogP contribution in [-0.4, -0.2) is 58.0 Å². The van der Waals surface area contributed by atoms with E-state index in [1.807, 2.05) is 0 Å². The summed E-state index contributed by atoms with van der Waals surface area (Å²) in [6.45, 7) is 1.13. The molecule has 1 fully saturated rings. The van der Waals surface area contributed by atoms with Crippen LogP contribution in [0.25, 0.3) is 0 Å². The highest BCUT2D eigenvalue weighted by molar-refractivity contribution is 5.66. The lowest BCUT2D eigenvalue weighted by Crippen LogP contribution is -2.24. The molecule has 0 saturated carbocycles. The Balaban J connectivity index is 2.23. The van der Waals surface area contributed by atoms with Crippen molar-refractivity contribution in [3.63, 3.8) is 0 Å². The molecule has 0 spiro atoms. The predicted molar refractivity (Wildman–Crippen MR) is 40.7 cm³/mol. The standard InChI is InChI=1S/C7H13NO4/c9-5-3-8(4-6(5)10)2-1-7(11)12/h5-6,9-10H,1-4H2,(H,11,12)/t5-,6+. The smallest absolute Gasteiger partial charge is 0.304 e. The highest BCUT2D eigenvalue weighted by Gasteiger charge is 2.29. The molecule has 70 valence electrons. The lowest BCUT2D eigenvalue weighted by atomic mass is 10.3. The van der Waals surface area contributed by atoms with Gasteiger partial charge in [0.25, 0.3) is 0 Å². The maximum atomic E-state index is 10.2. The summed E-state index contributed by atoms with van der Waals surface area (Å²) in [5.74, 6) is -0.856. The Hall–Kier alpha value is -0.650. The highest BCUT2D eigenvalue weighted by Crippen LogP contribution is 2.09. The van der Waals surface area contributed by atoms with Gasteiger partial charge in [0.2, 0.25) is 0 Å². The third-order valence-electron chi connectivity index (χ3n) is 1.98. The summed E-state index contributed by atoms with van der Waals surface area (Å²) in [5, 5.41) is 26.5. The first-order valence-corrected chi connectivity index (χ1v) is 3.90. The summed E-state index contributed by atoms with van der Waals surface area (Å²) in [5.41, 5.74) is 0. The van der Waals surface area contributed by atoms with Crippen LogP contribution in [0.2, 0.25) is 0 Å². The number of nitrogens with zero attached hydrogens (tertiary/aromatic N) is 1. The van der Waals surface area contributed by atoms with Crippen LogP contribution < -0.4 is 0 Å². The Kier molecular flexibility index (Phi) is 3.02. The van der Waals surface area contributed by atoms with E-state index in [1.165, 1.54) is 0 Å².